The van der Waals surface area contributed by atoms with E-state index in [2.05, 4.69) is 22.0 Å². The van der Waals surface area contributed by atoms with Gasteiger partial charge in [0.05, 0.1) is 11.6 Å². The van der Waals surface area contributed by atoms with Crippen LogP contribution in [0, 0.1) is 11.3 Å². The largest absolute Gasteiger partial charge is 0.489 e. The highest BCUT2D eigenvalue weighted by molar-refractivity contribution is 9.10. The summed E-state index contributed by atoms with van der Waals surface area (Å²) in [5.41, 5.74) is 1.48. The topological polar surface area (TPSA) is 33.0 Å². The maximum absolute atomic E-state index is 8.79. The van der Waals surface area contributed by atoms with Crippen LogP contribution in [-0.4, -0.2) is 0 Å². The van der Waals surface area contributed by atoms with E-state index in [9.17, 15) is 0 Å². The van der Waals surface area contributed by atoms with Gasteiger partial charge < -0.3 is 4.74 Å². The fourth-order valence-electron chi connectivity index (χ4n) is 1.46. The van der Waals surface area contributed by atoms with Crippen LogP contribution < -0.4 is 4.74 Å². The Morgan fingerprint density at radius 1 is 1.22 bits per heavy atom. The minimum Gasteiger partial charge on any atom is -0.489 e. The molecule has 0 amide bonds. The second kappa shape index (κ2) is 5.90. The first kappa shape index (κ1) is 12.9. The van der Waals surface area contributed by atoms with Gasteiger partial charge in [-0.15, -0.1) is 0 Å². The Bertz CT molecular complexity index is 607. The van der Waals surface area contributed by atoms with E-state index >= 15 is 0 Å². The van der Waals surface area contributed by atoms with Gasteiger partial charge in [-0.2, -0.15) is 5.26 Å². The van der Waals surface area contributed by atoms with Crippen molar-refractivity contribution in [3.05, 3.63) is 63.1 Å². The molecule has 0 saturated heterocycles. The SMILES string of the molecule is N#Cc1cccc(OCc2ccc(Br)cc2Cl)c1. The van der Waals surface area contributed by atoms with Crippen LogP contribution >= 0.6 is 27.5 Å². The first-order chi connectivity index (χ1) is 8.69. The van der Waals surface area contributed by atoms with Crippen LogP contribution in [0.5, 0.6) is 5.75 Å². The second-order valence-corrected chi connectivity index (χ2v) is 4.99. The van der Waals surface area contributed by atoms with Gasteiger partial charge in [-0.1, -0.05) is 39.7 Å². The Hall–Kier alpha value is -1.50. The van der Waals surface area contributed by atoms with Crippen LogP contribution in [0.15, 0.2) is 46.9 Å². The molecule has 0 spiro atoms. The van der Waals surface area contributed by atoms with E-state index < -0.39 is 0 Å². The van der Waals surface area contributed by atoms with E-state index in [0.717, 1.165) is 10.0 Å². The molecule has 18 heavy (non-hydrogen) atoms. The summed E-state index contributed by atoms with van der Waals surface area (Å²) >= 11 is 9.44. The average molecular weight is 323 g/mol. The highest BCUT2D eigenvalue weighted by atomic mass is 79.9. The molecule has 2 aromatic rings. The number of nitrogens with zero attached hydrogens (tertiary/aromatic N) is 1. The molecule has 0 fully saturated rings. The maximum atomic E-state index is 8.79. The Labute approximate surface area is 119 Å². The van der Waals surface area contributed by atoms with Gasteiger partial charge in [0.15, 0.2) is 0 Å². The third-order valence-electron chi connectivity index (χ3n) is 2.37. The number of benzene rings is 2. The van der Waals surface area contributed by atoms with Gasteiger partial charge in [0.1, 0.15) is 12.4 Å². The molecule has 90 valence electrons. The molecular formula is C14H9BrClNO. The predicted molar refractivity (Wildman–Crippen MR) is 74.6 cm³/mol. The normalized spacial score (nSPS) is 9.83. The summed E-state index contributed by atoms with van der Waals surface area (Å²) in [7, 11) is 0. The molecular weight excluding hydrogens is 314 g/mol. The van der Waals surface area contributed by atoms with Crippen molar-refractivity contribution >= 4 is 27.5 Å². The van der Waals surface area contributed by atoms with Crippen molar-refractivity contribution in [1.82, 2.24) is 0 Å². The molecule has 0 unspecified atom stereocenters. The fraction of sp³-hybridized carbons (Fsp3) is 0.0714. The minimum absolute atomic E-state index is 0.376. The molecule has 0 saturated carbocycles. The zero-order valence-corrected chi connectivity index (χ0v) is 11.7. The van der Waals surface area contributed by atoms with Crippen LogP contribution in [0.3, 0.4) is 0 Å². The van der Waals surface area contributed by atoms with Gasteiger partial charge in [-0.25, -0.2) is 0 Å². The number of hydrogen-bond acceptors (Lipinski definition) is 2. The Balaban J connectivity index is 2.09. The van der Waals surface area contributed by atoms with Crippen LogP contribution in [0.1, 0.15) is 11.1 Å². The zero-order valence-electron chi connectivity index (χ0n) is 9.36. The quantitative estimate of drug-likeness (QED) is 0.830. The van der Waals surface area contributed by atoms with Crippen molar-refractivity contribution in [3.63, 3.8) is 0 Å². The Morgan fingerprint density at radius 2 is 2.06 bits per heavy atom. The van der Waals surface area contributed by atoms with Crippen LogP contribution in [0.4, 0.5) is 0 Å². The summed E-state index contributed by atoms with van der Waals surface area (Å²) in [5.74, 6) is 0.660. The summed E-state index contributed by atoms with van der Waals surface area (Å²) in [4.78, 5) is 0. The minimum atomic E-state index is 0.376. The lowest BCUT2D eigenvalue weighted by atomic mass is 10.2. The first-order valence-corrected chi connectivity index (χ1v) is 6.43. The number of ether oxygens (including phenoxy) is 1. The number of hydrogen-bond donors (Lipinski definition) is 0. The Kier molecular flexibility index (Phi) is 4.24. The van der Waals surface area contributed by atoms with E-state index in [1.807, 2.05) is 24.3 Å². The lowest BCUT2D eigenvalue weighted by Gasteiger charge is -2.08. The summed E-state index contributed by atoms with van der Waals surface area (Å²) in [6.07, 6.45) is 0. The highest BCUT2D eigenvalue weighted by Gasteiger charge is 2.02. The van der Waals surface area contributed by atoms with Gasteiger partial charge >= 0.3 is 0 Å². The van der Waals surface area contributed by atoms with Crippen molar-refractivity contribution in [2.75, 3.05) is 0 Å². The number of rotatable bonds is 3. The standard InChI is InChI=1S/C14H9BrClNO/c15-12-5-4-11(14(16)7-12)9-18-13-3-1-2-10(6-13)8-17/h1-7H,9H2. The second-order valence-electron chi connectivity index (χ2n) is 3.66. The highest BCUT2D eigenvalue weighted by Crippen LogP contribution is 2.23. The summed E-state index contributed by atoms with van der Waals surface area (Å²) in [5, 5.41) is 9.44. The molecule has 0 aliphatic carbocycles. The molecule has 2 aromatic carbocycles. The van der Waals surface area contributed by atoms with E-state index in [1.54, 1.807) is 18.2 Å². The van der Waals surface area contributed by atoms with Crippen LogP contribution in [0.2, 0.25) is 5.02 Å². The molecule has 0 atom stereocenters. The van der Waals surface area contributed by atoms with E-state index in [4.69, 9.17) is 21.6 Å². The van der Waals surface area contributed by atoms with Gasteiger partial charge in [-0.05, 0) is 30.3 Å². The predicted octanol–water partition coefficient (Wildman–Crippen LogP) is 4.55. The van der Waals surface area contributed by atoms with Crippen LogP contribution in [-0.2, 0) is 6.61 Å². The van der Waals surface area contributed by atoms with E-state index in [-0.39, 0.29) is 0 Å². The van der Waals surface area contributed by atoms with Crippen LogP contribution in [0.25, 0.3) is 0 Å². The van der Waals surface area contributed by atoms with Crippen molar-refractivity contribution in [2.45, 2.75) is 6.61 Å². The average Bonchev–Trinajstić information content (AvgIpc) is 2.38. The first-order valence-electron chi connectivity index (χ1n) is 5.26. The molecule has 0 aliphatic heterocycles. The monoisotopic (exact) mass is 321 g/mol. The molecule has 0 N–H and O–H groups in total. The van der Waals surface area contributed by atoms with Gasteiger partial charge in [-0.3, -0.25) is 0 Å². The third kappa shape index (κ3) is 3.25. The summed E-state index contributed by atoms with van der Waals surface area (Å²) in [6, 6.07) is 14.8. The van der Waals surface area contributed by atoms with Crippen molar-refractivity contribution in [2.24, 2.45) is 0 Å². The van der Waals surface area contributed by atoms with Gasteiger partial charge in [0, 0.05) is 15.1 Å². The zero-order chi connectivity index (χ0) is 13.0. The van der Waals surface area contributed by atoms with Crippen molar-refractivity contribution < 1.29 is 4.74 Å². The third-order valence-corrected chi connectivity index (χ3v) is 3.22. The van der Waals surface area contributed by atoms with E-state index in [1.165, 1.54) is 0 Å². The molecule has 2 rings (SSSR count). The maximum Gasteiger partial charge on any atom is 0.121 e. The molecule has 0 radical (unpaired) electrons. The van der Waals surface area contributed by atoms with Gasteiger partial charge in [0.25, 0.3) is 0 Å². The fourth-order valence-corrected chi connectivity index (χ4v) is 2.18. The van der Waals surface area contributed by atoms with E-state index in [0.29, 0.717) is 22.9 Å². The van der Waals surface area contributed by atoms with Crippen molar-refractivity contribution in [1.29, 1.82) is 5.26 Å². The molecule has 2 nitrogen and oxygen atoms in total. The molecule has 4 heteroatoms. The van der Waals surface area contributed by atoms with Gasteiger partial charge in [0.2, 0.25) is 0 Å². The molecule has 0 aliphatic rings. The molecule has 0 bridgehead atoms. The number of halogens is 2. The van der Waals surface area contributed by atoms with Crippen molar-refractivity contribution in [3.8, 4) is 11.8 Å². The Morgan fingerprint density at radius 3 is 2.78 bits per heavy atom. The smallest absolute Gasteiger partial charge is 0.121 e. The lowest BCUT2D eigenvalue weighted by molar-refractivity contribution is 0.306. The molecule has 0 heterocycles. The molecule has 0 aromatic heterocycles. The lowest BCUT2D eigenvalue weighted by Crippen LogP contribution is -1.96. The number of nitriles is 1. The summed E-state index contributed by atoms with van der Waals surface area (Å²) < 4.78 is 6.54. The summed E-state index contributed by atoms with van der Waals surface area (Å²) in [6.45, 7) is 0.376.